The fraction of sp³-hybridized carbons (Fsp3) is 0.355. The number of methoxy groups -OCH3 is 2. The standard InChI is InChI=1S/C31H38BrN3O6S/c1-21-8-14-25(15-9-21)35(42(38,39)26-16-17-27(40-6)28(18-26)41-7)20-29(36)34(19-23-10-12-24(32)13-11-23)22(2)30(37)33-31(3,4)5/h8-18,22H,19-20H2,1-7H3,(H,33,37)/t22-/m1/s1. The van der Waals surface area contributed by atoms with Gasteiger partial charge in [0.25, 0.3) is 10.0 Å². The predicted molar refractivity (Wildman–Crippen MR) is 167 cm³/mol. The second-order valence-corrected chi connectivity index (χ2v) is 13.7. The number of carbonyl (C=O) groups is 2. The Balaban J connectivity index is 2.07. The number of nitrogens with one attached hydrogen (secondary N) is 1. The van der Waals surface area contributed by atoms with Crippen molar-refractivity contribution >= 4 is 43.5 Å². The van der Waals surface area contributed by atoms with Crippen molar-refractivity contribution in [2.75, 3.05) is 25.1 Å². The second kappa shape index (κ2) is 13.6. The van der Waals surface area contributed by atoms with Crippen molar-refractivity contribution in [1.29, 1.82) is 0 Å². The Hall–Kier alpha value is -3.57. The Bertz CT molecular complexity index is 1500. The monoisotopic (exact) mass is 659 g/mol. The van der Waals surface area contributed by atoms with Gasteiger partial charge in [-0.2, -0.15) is 0 Å². The Morgan fingerprint density at radius 1 is 0.929 bits per heavy atom. The van der Waals surface area contributed by atoms with E-state index in [2.05, 4.69) is 21.2 Å². The van der Waals surface area contributed by atoms with Crippen LogP contribution in [0.5, 0.6) is 11.5 Å². The molecule has 0 bridgehead atoms. The van der Waals surface area contributed by atoms with Gasteiger partial charge in [0.05, 0.1) is 24.8 Å². The topological polar surface area (TPSA) is 105 Å². The van der Waals surface area contributed by atoms with Gasteiger partial charge in [-0.25, -0.2) is 8.42 Å². The molecule has 0 radical (unpaired) electrons. The maximum Gasteiger partial charge on any atom is 0.264 e. The number of ether oxygens (including phenoxy) is 2. The summed E-state index contributed by atoms with van der Waals surface area (Å²) >= 11 is 3.42. The highest BCUT2D eigenvalue weighted by Crippen LogP contribution is 2.32. The molecule has 1 atom stereocenters. The van der Waals surface area contributed by atoms with E-state index in [1.165, 1.54) is 37.3 Å². The average molecular weight is 661 g/mol. The maximum atomic E-state index is 14.1. The van der Waals surface area contributed by atoms with Gasteiger partial charge in [0, 0.05) is 22.6 Å². The number of hydrogen-bond acceptors (Lipinski definition) is 6. The molecule has 0 saturated heterocycles. The SMILES string of the molecule is COc1ccc(S(=O)(=O)N(CC(=O)N(Cc2ccc(Br)cc2)[C@H](C)C(=O)NC(C)(C)C)c2ccc(C)cc2)cc1OC. The normalized spacial score (nSPS) is 12.3. The minimum absolute atomic E-state index is 0.0773. The summed E-state index contributed by atoms with van der Waals surface area (Å²) < 4.78 is 40.7. The summed E-state index contributed by atoms with van der Waals surface area (Å²) in [6.45, 7) is 8.65. The first-order valence-electron chi connectivity index (χ1n) is 13.3. The third-order valence-electron chi connectivity index (χ3n) is 6.48. The predicted octanol–water partition coefficient (Wildman–Crippen LogP) is 5.30. The fourth-order valence-corrected chi connectivity index (χ4v) is 5.88. The molecule has 0 aliphatic heterocycles. The van der Waals surface area contributed by atoms with Crippen molar-refractivity contribution in [2.24, 2.45) is 0 Å². The summed E-state index contributed by atoms with van der Waals surface area (Å²) in [5.41, 5.74) is 1.49. The molecule has 3 rings (SSSR count). The van der Waals surface area contributed by atoms with Crippen molar-refractivity contribution in [3.05, 3.63) is 82.3 Å². The van der Waals surface area contributed by atoms with E-state index in [4.69, 9.17) is 9.47 Å². The number of halogens is 1. The van der Waals surface area contributed by atoms with Gasteiger partial charge in [-0.3, -0.25) is 13.9 Å². The van der Waals surface area contributed by atoms with Gasteiger partial charge in [-0.05, 0) is 76.6 Å². The molecule has 3 aromatic rings. The maximum absolute atomic E-state index is 14.1. The van der Waals surface area contributed by atoms with E-state index < -0.39 is 34.1 Å². The van der Waals surface area contributed by atoms with E-state index in [1.54, 1.807) is 31.2 Å². The van der Waals surface area contributed by atoms with Gasteiger partial charge < -0.3 is 19.7 Å². The number of aryl methyl sites for hydroxylation is 1. The lowest BCUT2D eigenvalue weighted by Crippen LogP contribution is -2.54. The van der Waals surface area contributed by atoms with E-state index in [1.807, 2.05) is 52.0 Å². The van der Waals surface area contributed by atoms with Crippen LogP contribution in [0.25, 0.3) is 0 Å². The molecule has 3 aromatic carbocycles. The zero-order chi connectivity index (χ0) is 31.2. The summed E-state index contributed by atoms with van der Waals surface area (Å²) in [5, 5.41) is 2.92. The molecule has 0 aromatic heterocycles. The first-order valence-corrected chi connectivity index (χ1v) is 15.6. The van der Waals surface area contributed by atoms with Gasteiger partial charge in [0.1, 0.15) is 12.6 Å². The van der Waals surface area contributed by atoms with Gasteiger partial charge in [0.15, 0.2) is 11.5 Å². The third kappa shape index (κ3) is 8.25. The molecule has 9 nitrogen and oxygen atoms in total. The first-order chi connectivity index (χ1) is 19.7. The highest BCUT2D eigenvalue weighted by molar-refractivity contribution is 9.10. The second-order valence-electron chi connectivity index (χ2n) is 10.9. The van der Waals surface area contributed by atoms with Crippen LogP contribution in [0.1, 0.15) is 38.8 Å². The van der Waals surface area contributed by atoms with Crippen LogP contribution in [-0.4, -0.2) is 57.5 Å². The number of sulfonamides is 1. The molecule has 1 N–H and O–H groups in total. The minimum atomic E-state index is -4.26. The zero-order valence-electron chi connectivity index (χ0n) is 25.0. The van der Waals surface area contributed by atoms with Crippen LogP contribution in [0.3, 0.4) is 0 Å². The van der Waals surface area contributed by atoms with E-state index in [0.717, 1.165) is 19.9 Å². The lowest BCUT2D eigenvalue weighted by Gasteiger charge is -2.33. The van der Waals surface area contributed by atoms with Crippen molar-refractivity contribution in [1.82, 2.24) is 10.2 Å². The molecule has 0 fully saturated rings. The Kier molecular flexibility index (Phi) is 10.7. The molecule has 0 heterocycles. The molecule has 11 heteroatoms. The quantitative estimate of drug-likeness (QED) is 0.299. The highest BCUT2D eigenvalue weighted by atomic mass is 79.9. The van der Waals surface area contributed by atoms with Crippen LogP contribution in [0.2, 0.25) is 0 Å². The fourth-order valence-electron chi connectivity index (χ4n) is 4.19. The lowest BCUT2D eigenvalue weighted by atomic mass is 10.1. The molecule has 42 heavy (non-hydrogen) atoms. The summed E-state index contributed by atoms with van der Waals surface area (Å²) in [6, 6.07) is 17.6. The van der Waals surface area contributed by atoms with Crippen LogP contribution in [0.15, 0.2) is 76.1 Å². The Morgan fingerprint density at radius 3 is 2.07 bits per heavy atom. The van der Waals surface area contributed by atoms with Gasteiger partial charge >= 0.3 is 0 Å². The minimum Gasteiger partial charge on any atom is -0.493 e. The van der Waals surface area contributed by atoms with E-state index in [-0.39, 0.29) is 23.1 Å². The number of carbonyl (C=O) groups excluding carboxylic acids is 2. The largest absolute Gasteiger partial charge is 0.493 e. The number of nitrogens with zero attached hydrogens (tertiary/aromatic N) is 2. The molecular weight excluding hydrogens is 622 g/mol. The van der Waals surface area contributed by atoms with E-state index in [9.17, 15) is 18.0 Å². The zero-order valence-corrected chi connectivity index (χ0v) is 27.4. The van der Waals surface area contributed by atoms with Crippen molar-refractivity contribution in [2.45, 2.75) is 57.6 Å². The lowest BCUT2D eigenvalue weighted by molar-refractivity contribution is -0.140. The average Bonchev–Trinajstić information content (AvgIpc) is 2.94. The van der Waals surface area contributed by atoms with Gasteiger partial charge in [-0.15, -0.1) is 0 Å². The van der Waals surface area contributed by atoms with Crippen LogP contribution in [0.4, 0.5) is 5.69 Å². The number of anilines is 1. The van der Waals surface area contributed by atoms with E-state index >= 15 is 0 Å². The summed E-state index contributed by atoms with van der Waals surface area (Å²) in [6.07, 6.45) is 0. The van der Waals surface area contributed by atoms with Crippen LogP contribution >= 0.6 is 15.9 Å². The third-order valence-corrected chi connectivity index (χ3v) is 8.77. The number of benzene rings is 3. The van der Waals surface area contributed by atoms with Crippen LogP contribution in [0, 0.1) is 6.92 Å². The molecular formula is C31H38BrN3O6S. The molecule has 0 saturated carbocycles. The molecule has 226 valence electrons. The summed E-state index contributed by atoms with van der Waals surface area (Å²) in [4.78, 5) is 28.6. The molecule has 2 amide bonds. The number of amides is 2. The molecule has 0 aliphatic rings. The highest BCUT2D eigenvalue weighted by Gasteiger charge is 2.33. The smallest absolute Gasteiger partial charge is 0.264 e. The van der Waals surface area contributed by atoms with Crippen molar-refractivity contribution in [3.63, 3.8) is 0 Å². The number of hydrogen-bond donors (Lipinski definition) is 1. The van der Waals surface area contributed by atoms with Gasteiger partial charge in [0.2, 0.25) is 11.8 Å². The molecule has 0 aliphatic carbocycles. The van der Waals surface area contributed by atoms with Gasteiger partial charge in [-0.1, -0.05) is 45.8 Å². The van der Waals surface area contributed by atoms with Crippen molar-refractivity contribution in [3.8, 4) is 11.5 Å². The number of rotatable bonds is 11. The first kappa shape index (κ1) is 32.9. The van der Waals surface area contributed by atoms with Crippen LogP contribution < -0.4 is 19.1 Å². The van der Waals surface area contributed by atoms with Crippen LogP contribution in [-0.2, 0) is 26.2 Å². The molecule has 0 spiro atoms. The Morgan fingerprint density at radius 2 is 1.52 bits per heavy atom. The Labute approximate surface area is 257 Å². The van der Waals surface area contributed by atoms with Crippen molar-refractivity contribution < 1.29 is 27.5 Å². The van der Waals surface area contributed by atoms with E-state index in [0.29, 0.717) is 11.4 Å². The summed E-state index contributed by atoms with van der Waals surface area (Å²) in [7, 11) is -1.39. The molecule has 0 unspecified atom stereocenters. The summed E-state index contributed by atoms with van der Waals surface area (Å²) in [5.74, 6) is -0.288.